The minimum atomic E-state index is 0.376. The van der Waals surface area contributed by atoms with Crippen LogP contribution in [0, 0.1) is 6.92 Å². The molecule has 66 valence electrons. The lowest BCUT2D eigenvalue weighted by Crippen LogP contribution is -2.70. The number of allylic oxidation sites excluding steroid dienone is 1. The number of hydrogen-bond acceptors (Lipinski definition) is 0. The van der Waals surface area contributed by atoms with Gasteiger partial charge in [0.25, 0.3) is 0 Å². The zero-order chi connectivity index (χ0) is 9.26. The van der Waals surface area contributed by atoms with Gasteiger partial charge in [0, 0.05) is 18.6 Å². The van der Waals surface area contributed by atoms with Crippen LogP contribution in [0.15, 0.2) is 36.4 Å². The van der Waals surface area contributed by atoms with Gasteiger partial charge in [-0.05, 0) is 18.6 Å². The molecule has 1 heteroatoms. The largest absolute Gasteiger partial charge is 0.235 e. The van der Waals surface area contributed by atoms with E-state index in [1.165, 1.54) is 16.8 Å². The van der Waals surface area contributed by atoms with E-state index in [4.69, 9.17) is 0 Å². The van der Waals surface area contributed by atoms with Gasteiger partial charge in [0.05, 0.1) is 0 Å². The van der Waals surface area contributed by atoms with Crippen molar-refractivity contribution in [2.45, 2.75) is 19.9 Å². The van der Waals surface area contributed by atoms with E-state index in [1.54, 1.807) is 0 Å². The Bertz CT molecular complexity index is 374. The first-order valence-corrected chi connectivity index (χ1v) is 4.61. The second-order valence-corrected chi connectivity index (χ2v) is 3.52. The van der Waals surface area contributed by atoms with Crippen LogP contribution in [-0.2, 0) is 0 Å². The molecule has 1 aromatic rings. The normalized spacial score (nSPS) is 20.5. The fraction of sp³-hybridized carbons (Fsp3) is 0.250. The SMILES string of the molecule is CC1=[NH+]C(c2ccccc2C)C=C1. The third-order valence-corrected chi connectivity index (χ3v) is 2.45. The summed E-state index contributed by atoms with van der Waals surface area (Å²) in [7, 11) is 0. The van der Waals surface area contributed by atoms with Crippen molar-refractivity contribution in [2.75, 3.05) is 0 Å². The van der Waals surface area contributed by atoms with E-state index in [0.29, 0.717) is 6.04 Å². The van der Waals surface area contributed by atoms with Crippen LogP contribution < -0.4 is 4.99 Å². The Kier molecular flexibility index (Phi) is 2.01. The number of rotatable bonds is 1. The molecule has 0 saturated heterocycles. The maximum atomic E-state index is 3.42. The number of benzene rings is 1. The van der Waals surface area contributed by atoms with E-state index in [2.05, 4.69) is 55.3 Å². The maximum Gasteiger partial charge on any atom is 0.195 e. The van der Waals surface area contributed by atoms with Gasteiger partial charge < -0.3 is 0 Å². The predicted molar refractivity (Wildman–Crippen MR) is 54.7 cm³/mol. The molecule has 2 rings (SSSR count). The Labute approximate surface area is 78.8 Å². The second kappa shape index (κ2) is 3.17. The summed E-state index contributed by atoms with van der Waals surface area (Å²) in [5.41, 5.74) is 3.96. The van der Waals surface area contributed by atoms with Crippen molar-refractivity contribution in [3.05, 3.63) is 47.5 Å². The molecule has 1 aliphatic heterocycles. The van der Waals surface area contributed by atoms with E-state index < -0.39 is 0 Å². The van der Waals surface area contributed by atoms with Gasteiger partial charge in [0.15, 0.2) is 11.8 Å². The molecule has 1 aromatic carbocycles. The number of nitrogens with one attached hydrogen (secondary N) is 1. The lowest BCUT2D eigenvalue weighted by atomic mass is 10.0. The van der Waals surface area contributed by atoms with Gasteiger partial charge >= 0.3 is 0 Å². The molecule has 0 bridgehead atoms. The third-order valence-electron chi connectivity index (χ3n) is 2.45. The zero-order valence-electron chi connectivity index (χ0n) is 8.04. The van der Waals surface area contributed by atoms with E-state index in [9.17, 15) is 0 Å². The Morgan fingerprint density at radius 3 is 2.54 bits per heavy atom. The molecule has 1 heterocycles. The van der Waals surface area contributed by atoms with Crippen LogP contribution in [0.3, 0.4) is 0 Å². The molecule has 1 aliphatic rings. The van der Waals surface area contributed by atoms with Crippen molar-refractivity contribution in [3.8, 4) is 0 Å². The monoisotopic (exact) mass is 172 g/mol. The molecule has 1 atom stereocenters. The van der Waals surface area contributed by atoms with Crippen LogP contribution in [0.5, 0.6) is 0 Å². The Hall–Kier alpha value is -1.37. The standard InChI is InChI=1S/C12H13N/c1-9-5-3-4-6-11(9)12-8-7-10(2)13-12/h3-8,12H,1-2H3/p+1. The van der Waals surface area contributed by atoms with Crippen molar-refractivity contribution in [2.24, 2.45) is 0 Å². The highest BCUT2D eigenvalue weighted by Crippen LogP contribution is 2.15. The Morgan fingerprint density at radius 1 is 1.15 bits per heavy atom. The van der Waals surface area contributed by atoms with Crippen molar-refractivity contribution >= 4 is 5.71 Å². The minimum Gasteiger partial charge on any atom is -0.235 e. The first kappa shape index (κ1) is 8.24. The van der Waals surface area contributed by atoms with Gasteiger partial charge in [-0.15, -0.1) is 0 Å². The summed E-state index contributed by atoms with van der Waals surface area (Å²) in [6.45, 7) is 4.24. The van der Waals surface area contributed by atoms with Crippen LogP contribution >= 0.6 is 0 Å². The quantitative estimate of drug-likeness (QED) is 0.653. The molecular formula is C12H14N+. The maximum absolute atomic E-state index is 3.42. The topological polar surface area (TPSA) is 14.0 Å². The molecule has 13 heavy (non-hydrogen) atoms. The van der Waals surface area contributed by atoms with E-state index >= 15 is 0 Å². The predicted octanol–water partition coefficient (Wildman–Crippen LogP) is 1.15. The molecule has 0 spiro atoms. The highest BCUT2D eigenvalue weighted by molar-refractivity contribution is 5.88. The van der Waals surface area contributed by atoms with E-state index in [-0.39, 0.29) is 0 Å². The molecule has 0 aliphatic carbocycles. The first-order chi connectivity index (χ1) is 6.27. The van der Waals surface area contributed by atoms with Gasteiger partial charge in [-0.25, -0.2) is 4.99 Å². The summed E-state index contributed by atoms with van der Waals surface area (Å²) < 4.78 is 0. The van der Waals surface area contributed by atoms with Crippen molar-refractivity contribution < 1.29 is 4.99 Å². The Morgan fingerprint density at radius 2 is 1.92 bits per heavy atom. The van der Waals surface area contributed by atoms with Gasteiger partial charge in [-0.3, -0.25) is 0 Å². The summed E-state index contributed by atoms with van der Waals surface area (Å²) in [6.07, 6.45) is 4.34. The highest BCUT2D eigenvalue weighted by atomic mass is 14.8. The average Bonchev–Trinajstić information content (AvgIpc) is 2.53. The summed E-state index contributed by atoms with van der Waals surface area (Å²) in [5, 5.41) is 0. The lowest BCUT2D eigenvalue weighted by molar-refractivity contribution is -0.490. The van der Waals surface area contributed by atoms with Crippen LogP contribution in [0.25, 0.3) is 0 Å². The van der Waals surface area contributed by atoms with Crippen LogP contribution in [0.4, 0.5) is 0 Å². The third kappa shape index (κ3) is 1.55. The molecule has 0 aromatic heterocycles. The van der Waals surface area contributed by atoms with Crippen molar-refractivity contribution in [1.29, 1.82) is 0 Å². The lowest BCUT2D eigenvalue weighted by Gasteiger charge is -2.03. The molecule has 0 saturated carbocycles. The fourth-order valence-electron chi connectivity index (χ4n) is 1.70. The fourth-order valence-corrected chi connectivity index (χ4v) is 1.70. The molecule has 1 N–H and O–H groups in total. The van der Waals surface area contributed by atoms with Crippen molar-refractivity contribution in [1.82, 2.24) is 0 Å². The summed E-state index contributed by atoms with van der Waals surface area (Å²) in [5.74, 6) is 0. The number of aryl methyl sites for hydroxylation is 1. The Balaban J connectivity index is 2.38. The molecule has 1 unspecified atom stereocenters. The van der Waals surface area contributed by atoms with Crippen LogP contribution in [-0.4, -0.2) is 5.71 Å². The van der Waals surface area contributed by atoms with Crippen LogP contribution in [0.1, 0.15) is 24.1 Å². The average molecular weight is 172 g/mol. The minimum absolute atomic E-state index is 0.376. The molecule has 0 fully saturated rings. The van der Waals surface area contributed by atoms with E-state index in [1.807, 2.05) is 0 Å². The second-order valence-electron chi connectivity index (χ2n) is 3.52. The molecular weight excluding hydrogens is 158 g/mol. The molecule has 0 radical (unpaired) electrons. The summed E-state index contributed by atoms with van der Waals surface area (Å²) >= 11 is 0. The van der Waals surface area contributed by atoms with E-state index in [0.717, 1.165) is 0 Å². The highest BCUT2D eigenvalue weighted by Gasteiger charge is 2.18. The summed E-state index contributed by atoms with van der Waals surface area (Å²) in [4.78, 5) is 3.42. The molecule has 1 nitrogen and oxygen atoms in total. The summed E-state index contributed by atoms with van der Waals surface area (Å²) in [6, 6.07) is 8.87. The van der Waals surface area contributed by atoms with Gasteiger partial charge in [-0.2, -0.15) is 0 Å². The van der Waals surface area contributed by atoms with Gasteiger partial charge in [0.1, 0.15) is 0 Å². The first-order valence-electron chi connectivity index (χ1n) is 4.61. The van der Waals surface area contributed by atoms with Crippen LogP contribution in [0.2, 0.25) is 0 Å². The smallest absolute Gasteiger partial charge is 0.195 e. The number of hydrogen-bond donors (Lipinski definition) is 1. The zero-order valence-corrected chi connectivity index (χ0v) is 8.04. The van der Waals surface area contributed by atoms with Crippen molar-refractivity contribution in [3.63, 3.8) is 0 Å². The van der Waals surface area contributed by atoms with Gasteiger partial charge in [-0.1, -0.05) is 24.3 Å². The van der Waals surface area contributed by atoms with Gasteiger partial charge in [0.2, 0.25) is 0 Å². The molecule has 0 amide bonds.